The molecule has 0 amide bonds. The van der Waals surface area contributed by atoms with E-state index in [1.807, 2.05) is 0 Å². The second-order valence-corrected chi connectivity index (χ2v) is 3.03. The fourth-order valence-electron chi connectivity index (χ4n) is 1.09. The summed E-state index contributed by atoms with van der Waals surface area (Å²) in [4.78, 5) is 3.65. The maximum atomic E-state index is 13.5. The Morgan fingerprint density at radius 3 is 2.79 bits per heavy atom. The van der Waals surface area contributed by atoms with E-state index in [9.17, 15) is 9.50 Å². The number of hydrogen-bond donors (Lipinski definition) is 2. The molecule has 78 valence electrons. The Morgan fingerprint density at radius 2 is 2.29 bits per heavy atom. The van der Waals surface area contributed by atoms with Crippen LogP contribution in [0.5, 0.6) is 5.88 Å². The van der Waals surface area contributed by atoms with Crippen LogP contribution in [0.2, 0.25) is 0 Å². The number of aliphatic hydroxyl groups is 1. The van der Waals surface area contributed by atoms with Gasteiger partial charge in [-0.1, -0.05) is 0 Å². The summed E-state index contributed by atoms with van der Waals surface area (Å²) >= 11 is 0. The number of aromatic nitrogens is 1. The van der Waals surface area contributed by atoms with Crippen molar-refractivity contribution in [2.45, 2.75) is 19.1 Å². The third kappa shape index (κ3) is 2.00. The molecule has 0 aliphatic carbocycles. The van der Waals surface area contributed by atoms with Gasteiger partial charge in [0.05, 0.1) is 13.2 Å². The zero-order chi connectivity index (χ0) is 10.7. The van der Waals surface area contributed by atoms with Crippen LogP contribution in [0, 0.1) is 5.82 Å². The summed E-state index contributed by atoms with van der Waals surface area (Å²) in [6, 6.07) is 0.836. The number of ether oxygens (including phenoxy) is 1. The number of nitrogens with zero attached hydrogens (tertiary/aromatic N) is 1. The van der Waals surface area contributed by atoms with Gasteiger partial charge in [-0.3, -0.25) is 0 Å². The van der Waals surface area contributed by atoms with E-state index >= 15 is 0 Å². The first-order valence-electron chi connectivity index (χ1n) is 4.20. The summed E-state index contributed by atoms with van der Waals surface area (Å²) in [7, 11) is 1.31. The summed E-state index contributed by atoms with van der Waals surface area (Å²) in [5, 5.41) is 9.55. The van der Waals surface area contributed by atoms with Crippen molar-refractivity contribution >= 4 is 0 Å². The van der Waals surface area contributed by atoms with Crippen LogP contribution in [0.25, 0.3) is 0 Å². The minimum Gasteiger partial charge on any atom is -0.479 e. The van der Waals surface area contributed by atoms with Gasteiger partial charge in [0.1, 0.15) is 0 Å². The lowest BCUT2D eigenvalue weighted by atomic mass is 10.1. The molecule has 0 saturated heterocycles. The first-order valence-corrected chi connectivity index (χ1v) is 4.20. The SMILES string of the molecule is COc1nccc(C(O)C(C)N)c1F. The van der Waals surface area contributed by atoms with Crippen molar-refractivity contribution in [2.75, 3.05) is 7.11 Å². The van der Waals surface area contributed by atoms with Crippen molar-refractivity contribution < 1.29 is 14.2 Å². The van der Waals surface area contributed by atoms with Crippen LogP contribution in [0.1, 0.15) is 18.6 Å². The molecule has 2 atom stereocenters. The highest BCUT2D eigenvalue weighted by atomic mass is 19.1. The summed E-state index contributed by atoms with van der Waals surface area (Å²) < 4.78 is 18.2. The van der Waals surface area contributed by atoms with Crippen LogP contribution in [-0.4, -0.2) is 23.2 Å². The zero-order valence-electron chi connectivity index (χ0n) is 8.07. The predicted octanol–water partition coefficient (Wildman–Crippen LogP) is 0.610. The van der Waals surface area contributed by atoms with Crippen molar-refractivity contribution in [3.8, 4) is 5.88 Å². The van der Waals surface area contributed by atoms with Gasteiger partial charge in [-0.15, -0.1) is 0 Å². The lowest BCUT2D eigenvalue weighted by molar-refractivity contribution is 0.147. The quantitative estimate of drug-likeness (QED) is 0.750. The molecular weight excluding hydrogens is 187 g/mol. The predicted molar refractivity (Wildman–Crippen MR) is 49.4 cm³/mol. The smallest absolute Gasteiger partial charge is 0.250 e. The van der Waals surface area contributed by atoms with Crippen LogP contribution in [-0.2, 0) is 0 Å². The summed E-state index contributed by atoms with van der Waals surface area (Å²) in [5.41, 5.74) is 5.55. The van der Waals surface area contributed by atoms with Crippen LogP contribution >= 0.6 is 0 Å². The first kappa shape index (κ1) is 10.9. The molecule has 1 aromatic heterocycles. The van der Waals surface area contributed by atoms with Crippen LogP contribution in [0.3, 0.4) is 0 Å². The van der Waals surface area contributed by atoms with E-state index in [1.165, 1.54) is 19.4 Å². The Morgan fingerprint density at radius 1 is 1.64 bits per heavy atom. The molecule has 0 aromatic carbocycles. The Kier molecular flexibility index (Phi) is 3.38. The molecule has 1 rings (SSSR count). The molecule has 0 aliphatic rings. The molecule has 0 radical (unpaired) electrons. The molecule has 4 nitrogen and oxygen atoms in total. The van der Waals surface area contributed by atoms with Crippen molar-refractivity contribution in [3.63, 3.8) is 0 Å². The van der Waals surface area contributed by atoms with E-state index in [1.54, 1.807) is 6.92 Å². The van der Waals surface area contributed by atoms with Crippen LogP contribution < -0.4 is 10.5 Å². The lowest BCUT2D eigenvalue weighted by Crippen LogP contribution is -2.25. The second-order valence-electron chi connectivity index (χ2n) is 3.03. The number of aliphatic hydroxyl groups excluding tert-OH is 1. The molecule has 2 unspecified atom stereocenters. The fourth-order valence-corrected chi connectivity index (χ4v) is 1.09. The van der Waals surface area contributed by atoms with Crippen molar-refractivity contribution in [2.24, 2.45) is 5.73 Å². The largest absolute Gasteiger partial charge is 0.479 e. The molecule has 3 N–H and O–H groups in total. The molecule has 5 heteroatoms. The summed E-state index contributed by atoms with van der Waals surface area (Å²) in [6.07, 6.45) is 0.315. The topological polar surface area (TPSA) is 68.4 Å². The normalized spacial score (nSPS) is 14.9. The third-order valence-corrected chi connectivity index (χ3v) is 1.90. The molecule has 1 heterocycles. The lowest BCUT2D eigenvalue weighted by Gasteiger charge is -2.15. The average molecular weight is 200 g/mol. The van der Waals surface area contributed by atoms with E-state index < -0.39 is 18.0 Å². The van der Waals surface area contributed by atoms with E-state index in [4.69, 9.17) is 5.73 Å². The van der Waals surface area contributed by atoms with Gasteiger partial charge in [0.25, 0.3) is 0 Å². The molecule has 0 spiro atoms. The first-order chi connectivity index (χ1) is 6.57. The van der Waals surface area contributed by atoms with Crippen molar-refractivity contribution in [1.29, 1.82) is 0 Å². The number of pyridine rings is 1. The van der Waals surface area contributed by atoms with Crippen molar-refractivity contribution in [3.05, 3.63) is 23.6 Å². The van der Waals surface area contributed by atoms with Gasteiger partial charge in [-0.2, -0.15) is 0 Å². The van der Waals surface area contributed by atoms with E-state index in [2.05, 4.69) is 9.72 Å². The molecule has 0 bridgehead atoms. The van der Waals surface area contributed by atoms with E-state index in [0.717, 1.165) is 0 Å². The Hall–Kier alpha value is -1.20. The molecule has 0 aliphatic heterocycles. The minimum atomic E-state index is -1.05. The highest BCUT2D eigenvalue weighted by Gasteiger charge is 2.19. The molecule has 14 heavy (non-hydrogen) atoms. The highest BCUT2D eigenvalue weighted by molar-refractivity contribution is 5.26. The summed E-state index contributed by atoms with van der Waals surface area (Å²) in [6.45, 7) is 1.59. The number of methoxy groups -OCH3 is 1. The van der Waals surface area contributed by atoms with Crippen molar-refractivity contribution in [1.82, 2.24) is 4.98 Å². The highest BCUT2D eigenvalue weighted by Crippen LogP contribution is 2.23. The fraction of sp³-hybridized carbons (Fsp3) is 0.444. The van der Waals surface area contributed by atoms with Gasteiger partial charge < -0.3 is 15.6 Å². The van der Waals surface area contributed by atoms with Gasteiger partial charge >= 0.3 is 0 Å². The van der Waals surface area contributed by atoms with Gasteiger partial charge in [0.15, 0.2) is 5.82 Å². The number of halogens is 1. The number of nitrogens with two attached hydrogens (primary N) is 1. The van der Waals surface area contributed by atoms with E-state index in [-0.39, 0.29) is 11.4 Å². The molecule has 0 saturated carbocycles. The van der Waals surface area contributed by atoms with Crippen LogP contribution in [0.4, 0.5) is 4.39 Å². The maximum Gasteiger partial charge on any atom is 0.250 e. The van der Waals surface area contributed by atoms with Gasteiger partial charge in [-0.05, 0) is 13.0 Å². The zero-order valence-corrected chi connectivity index (χ0v) is 8.07. The third-order valence-electron chi connectivity index (χ3n) is 1.90. The average Bonchev–Trinajstić information content (AvgIpc) is 2.17. The minimum absolute atomic E-state index is 0.104. The Labute approximate surface area is 81.5 Å². The Bertz CT molecular complexity index is 318. The Balaban J connectivity index is 3.09. The molecule has 1 aromatic rings. The van der Waals surface area contributed by atoms with Gasteiger partial charge in [0.2, 0.25) is 5.88 Å². The van der Waals surface area contributed by atoms with Gasteiger partial charge in [0, 0.05) is 17.8 Å². The molecule has 0 fully saturated rings. The number of rotatable bonds is 3. The monoisotopic (exact) mass is 200 g/mol. The maximum absolute atomic E-state index is 13.5. The summed E-state index contributed by atoms with van der Waals surface area (Å²) in [5.74, 6) is -0.804. The van der Waals surface area contributed by atoms with E-state index in [0.29, 0.717) is 0 Å². The molecular formula is C9H13FN2O2. The number of hydrogen-bond acceptors (Lipinski definition) is 4. The van der Waals surface area contributed by atoms with Crippen LogP contribution in [0.15, 0.2) is 12.3 Å². The second kappa shape index (κ2) is 4.34. The standard InChI is InChI=1S/C9H13FN2O2/c1-5(11)8(13)6-3-4-12-9(14-2)7(6)10/h3-5,8,13H,11H2,1-2H3. The van der Waals surface area contributed by atoms with Gasteiger partial charge in [-0.25, -0.2) is 9.37 Å².